The molecule has 2 nitrogen and oxygen atoms in total. The third-order valence-electron chi connectivity index (χ3n) is 3.68. The van der Waals surface area contributed by atoms with Crippen molar-refractivity contribution in [3.63, 3.8) is 0 Å². The molecule has 0 spiro atoms. The Labute approximate surface area is 183 Å². The summed E-state index contributed by atoms with van der Waals surface area (Å²) in [7, 11) is 1.00. The second-order valence-electron chi connectivity index (χ2n) is 5.68. The molecule has 0 aliphatic heterocycles. The number of hydrogen-bond donors (Lipinski definition) is 1. The van der Waals surface area contributed by atoms with E-state index in [1.165, 1.54) is 22.3 Å². The van der Waals surface area contributed by atoms with Gasteiger partial charge in [0.05, 0.1) is 0 Å². The summed E-state index contributed by atoms with van der Waals surface area (Å²) in [4.78, 5) is 10.9. The summed E-state index contributed by atoms with van der Waals surface area (Å²) in [5, 5.41) is 6.73. The summed E-state index contributed by atoms with van der Waals surface area (Å²) in [6.07, 6.45) is 0.702. The number of rotatable bonds is 4. The number of benzene rings is 2. The van der Waals surface area contributed by atoms with Gasteiger partial charge in [0.2, 0.25) is 5.24 Å². The molecule has 0 saturated heterocycles. The smallest absolute Gasteiger partial charge is 0.224 e. The minimum absolute atomic E-state index is 0.121. The second-order valence-corrected chi connectivity index (χ2v) is 8.16. The SMILES string of the molecule is CO.Cc1ccc(Br)cc1CC(C)C(=O)Cl.Cc1ccc(Br)cc1CCl. The van der Waals surface area contributed by atoms with Crippen molar-refractivity contribution in [3.05, 3.63) is 67.6 Å². The highest BCUT2D eigenvalue weighted by Crippen LogP contribution is 2.20. The van der Waals surface area contributed by atoms with Crippen molar-refractivity contribution in [2.75, 3.05) is 7.11 Å². The molecule has 0 heterocycles. The van der Waals surface area contributed by atoms with E-state index in [1.54, 1.807) is 0 Å². The molecule has 26 heavy (non-hydrogen) atoms. The summed E-state index contributed by atoms with van der Waals surface area (Å²) >= 11 is 17.9. The molecule has 0 saturated carbocycles. The van der Waals surface area contributed by atoms with Crippen LogP contribution in [0.3, 0.4) is 0 Å². The van der Waals surface area contributed by atoms with Crippen LogP contribution in [0, 0.1) is 19.8 Å². The first-order chi connectivity index (χ1) is 12.2. The highest BCUT2D eigenvalue weighted by atomic mass is 79.9. The van der Waals surface area contributed by atoms with Crippen LogP contribution in [-0.4, -0.2) is 17.5 Å². The van der Waals surface area contributed by atoms with Gasteiger partial charge in [-0.2, -0.15) is 0 Å². The van der Waals surface area contributed by atoms with Crippen molar-refractivity contribution in [3.8, 4) is 0 Å². The van der Waals surface area contributed by atoms with E-state index < -0.39 is 0 Å². The third-order valence-corrected chi connectivity index (χ3v) is 5.33. The van der Waals surface area contributed by atoms with E-state index >= 15 is 0 Å². The number of alkyl halides is 1. The summed E-state index contributed by atoms with van der Waals surface area (Å²) in [6.45, 7) is 5.94. The minimum atomic E-state index is -0.274. The lowest BCUT2D eigenvalue weighted by Gasteiger charge is -2.09. The Bertz CT molecular complexity index is 706. The fraction of sp³-hybridized carbons (Fsp3) is 0.350. The van der Waals surface area contributed by atoms with E-state index in [2.05, 4.69) is 44.8 Å². The van der Waals surface area contributed by atoms with E-state index in [9.17, 15) is 4.79 Å². The Morgan fingerprint density at radius 2 is 1.42 bits per heavy atom. The van der Waals surface area contributed by atoms with Gasteiger partial charge >= 0.3 is 0 Å². The standard InChI is InChI=1S/C11H12BrClO.C8H8BrCl.CH4O/c1-7-3-4-10(12)6-9(7)5-8(2)11(13)14;1-6-2-3-8(9)4-7(6)5-10;1-2/h3-4,6,8H,5H2,1-2H3;2-4H,5H2,1H3;2H,1H3. The maximum absolute atomic E-state index is 10.9. The molecular formula is C20H24Br2Cl2O2. The van der Waals surface area contributed by atoms with Crippen molar-refractivity contribution >= 4 is 60.3 Å². The predicted octanol–water partition coefficient (Wildman–Crippen LogP) is 6.81. The van der Waals surface area contributed by atoms with Gasteiger partial charge in [0, 0.05) is 27.9 Å². The third kappa shape index (κ3) is 9.52. The molecule has 0 fully saturated rings. The number of aliphatic hydroxyl groups excluding tert-OH is 1. The first kappa shape index (κ1) is 25.6. The summed E-state index contributed by atoms with van der Waals surface area (Å²) < 4.78 is 2.13. The van der Waals surface area contributed by atoms with Crippen molar-refractivity contribution in [2.24, 2.45) is 5.92 Å². The topological polar surface area (TPSA) is 37.3 Å². The van der Waals surface area contributed by atoms with Crippen LogP contribution in [0.5, 0.6) is 0 Å². The van der Waals surface area contributed by atoms with Crippen molar-refractivity contribution in [2.45, 2.75) is 33.1 Å². The van der Waals surface area contributed by atoms with Gasteiger partial charge in [-0.25, -0.2) is 0 Å². The van der Waals surface area contributed by atoms with E-state index in [0.717, 1.165) is 16.1 Å². The van der Waals surface area contributed by atoms with Crippen molar-refractivity contribution < 1.29 is 9.90 Å². The number of halogens is 4. The zero-order valence-electron chi connectivity index (χ0n) is 15.3. The number of hydrogen-bond acceptors (Lipinski definition) is 2. The van der Waals surface area contributed by atoms with Gasteiger partial charge in [-0.3, -0.25) is 4.79 Å². The normalized spacial score (nSPS) is 10.8. The van der Waals surface area contributed by atoms with E-state index in [0.29, 0.717) is 12.3 Å². The second kappa shape index (κ2) is 13.7. The Morgan fingerprint density at radius 1 is 1.00 bits per heavy atom. The van der Waals surface area contributed by atoms with Gasteiger partial charge in [-0.15, -0.1) is 11.6 Å². The molecule has 2 aromatic rings. The Hall–Kier alpha value is -0.390. The lowest BCUT2D eigenvalue weighted by Crippen LogP contribution is -2.08. The average Bonchev–Trinajstić information content (AvgIpc) is 2.62. The number of carbonyl (C=O) groups is 1. The molecule has 1 unspecified atom stereocenters. The Morgan fingerprint density at radius 3 is 1.81 bits per heavy atom. The quantitative estimate of drug-likeness (QED) is 0.351. The van der Waals surface area contributed by atoms with Gasteiger partial charge in [0.25, 0.3) is 0 Å². The summed E-state index contributed by atoms with van der Waals surface area (Å²) in [5.41, 5.74) is 4.80. The highest BCUT2D eigenvalue weighted by molar-refractivity contribution is 9.10. The Balaban J connectivity index is 0.000000458. The van der Waals surface area contributed by atoms with E-state index in [4.69, 9.17) is 28.3 Å². The molecule has 0 aliphatic carbocycles. The van der Waals surface area contributed by atoms with Crippen LogP contribution in [0.1, 0.15) is 29.2 Å². The van der Waals surface area contributed by atoms with E-state index in [1.807, 2.05) is 44.2 Å². The highest BCUT2D eigenvalue weighted by Gasteiger charge is 2.12. The van der Waals surface area contributed by atoms with Gasteiger partial charge in [-0.1, -0.05) is 50.9 Å². The fourth-order valence-corrected chi connectivity index (χ4v) is 3.24. The van der Waals surface area contributed by atoms with Gasteiger partial charge in [0.1, 0.15) is 0 Å². The van der Waals surface area contributed by atoms with Gasteiger partial charge in [0.15, 0.2) is 0 Å². The van der Waals surface area contributed by atoms with Crippen LogP contribution in [0.15, 0.2) is 45.3 Å². The Kier molecular flexibility index (Phi) is 13.5. The lowest BCUT2D eigenvalue weighted by molar-refractivity contribution is -0.114. The van der Waals surface area contributed by atoms with Crippen molar-refractivity contribution in [1.82, 2.24) is 0 Å². The molecule has 0 bridgehead atoms. The first-order valence-corrected chi connectivity index (χ1v) is 10.4. The first-order valence-electron chi connectivity index (χ1n) is 7.94. The molecule has 144 valence electrons. The predicted molar refractivity (Wildman–Crippen MR) is 119 cm³/mol. The minimum Gasteiger partial charge on any atom is -0.400 e. The maximum atomic E-state index is 10.9. The molecule has 1 N–H and O–H groups in total. The van der Waals surface area contributed by atoms with Gasteiger partial charge < -0.3 is 5.11 Å². The van der Waals surface area contributed by atoms with Crippen LogP contribution in [0.4, 0.5) is 0 Å². The number of carbonyl (C=O) groups excluding carboxylic acids is 1. The van der Waals surface area contributed by atoms with E-state index in [-0.39, 0.29) is 11.2 Å². The molecule has 0 aromatic heterocycles. The fourth-order valence-electron chi connectivity index (χ4n) is 2.05. The van der Waals surface area contributed by atoms with Crippen molar-refractivity contribution in [1.29, 1.82) is 0 Å². The summed E-state index contributed by atoms with van der Waals surface area (Å²) in [6, 6.07) is 12.2. The monoisotopic (exact) mass is 524 g/mol. The molecule has 6 heteroatoms. The van der Waals surface area contributed by atoms with Crippen LogP contribution in [0.2, 0.25) is 0 Å². The molecule has 0 radical (unpaired) electrons. The molecule has 2 rings (SSSR count). The van der Waals surface area contributed by atoms with Crippen LogP contribution in [-0.2, 0) is 17.1 Å². The number of aryl methyl sites for hydroxylation is 2. The lowest BCUT2D eigenvalue weighted by atomic mass is 9.98. The van der Waals surface area contributed by atoms with Crippen LogP contribution < -0.4 is 0 Å². The largest absolute Gasteiger partial charge is 0.400 e. The van der Waals surface area contributed by atoms with Crippen LogP contribution in [0.25, 0.3) is 0 Å². The molecule has 0 aliphatic rings. The molecule has 2 aromatic carbocycles. The maximum Gasteiger partial charge on any atom is 0.224 e. The molecule has 0 amide bonds. The van der Waals surface area contributed by atoms with Gasteiger partial charge in [-0.05, 0) is 78.4 Å². The zero-order valence-corrected chi connectivity index (χ0v) is 20.0. The van der Waals surface area contributed by atoms with Crippen LogP contribution >= 0.6 is 55.1 Å². The average molecular weight is 527 g/mol. The molecular weight excluding hydrogens is 503 g/mol. The zero-order chi connectivity index (χ0) is 20.3. The summed E-state index contributed by atoms with van der Waals surface area (Å²) in [5.74, 6) is 0.468. The molecule has 1 atom stereocenters. The number of aliphatic hydroxyl groups is 1.